The number of nitrogens with one attached hydrogen (secondary N) is 1. The number of halogens is 1. The van der Waals surface area contributed by atoms with Gasteiger partial charge >= 0.3 is 11.9 Å². The first kappa shape index (κ1) is 14.7. The Kier molecular flexibility index (Phi) is 8.84. The lowest BCUT2D eigenvalue weighted by Crippen LogP contribution is -2.40. The van der Waals surface area contributed by atoms with Gasteiger partial charge in [0.1, 0.15) is 0 Å². The summed E-state index contributed by atoms with van der Waals surface area (Å²) in [7, 11) is 1.15. The number of hydrogen-bond donors (Lipinski definition) is 2. The molecule has 0 bridgehead atoms. The SMILES string of the molecule is CC[C@H](N)CNC(=O)C(=O)OC.Cl. The molecule has 0 aliphatic heterocycles. The molecule has 0 unspecified atom stereocenters. The van der Waals surface area contributed by atoms with Crippen molar-refractivity contribution in [2.24, 2.45) is 5.73 Å². The van der Waals surface area contributed by atoms with Crippen molar-refractivity contribution in [1.29, 1.82) is 0 Å². The van der Waals surface area contributed by atoms with E-state index in [1.165, 1.54) is 0 Å². The van der Waals surface area contributed by atoms with Crippen LogP contribution in [0.1, 0.15) is 13.3 Å². The number of hydrogen-bond acceptors (Lipinski definition) is 4. The average Bonchev–Trinajstić information content (AvgIpc) is 2.11. The zero-order valence-electron chi connectivity index (χ0n) is 7.70. The zero-order valence-corrected chi connectivity index (χ0v) is 8.52. The number of ether oxygens (including phenoxy) is 1. The van der Waals surface area contributed by atoms with Crippen LogP contribution < -0.4 is 11.1 Å². The van der Waals surface area contributed by atoms with Crippen molar-refractivity contribution in [1.82, 2.24) is 5.32 Å². The van der Waals surface area contributed by atoms with Crippen LogP contribution >= 0.6 is 12.4 Å². The Morgan fingerprint density at radius 3 is 2.46 bits per heavy atom. The number of carbonyl (C=O) groups is 2. The molecule has 0 aliphatic carbocycles. The lowest BCUT2D eigenvalue weighted by molar-refractivity contribution is -0.152. The lowest BCUT2D eigenvalue weighted by atomic mass is 10.2. The van der Waals surface area contributed by atoms with E-state index >= 15 is 0 Å². The van der Waals surface area contributed by atoms with E-state index in [4.69, 9.17) is 5.73 Å². The topological polar surface area (TPSA) is 81.4 Å². The molecule has 1 atom stereocenters. The Balaban J connectivity index is 0. The molecule has 0 fully saturated rings. The highest BCUT2D eigenvalue weighted by Gasteiger charge is 2.13. The summed E-state index contributed by atoms with van der Waals surface area (Å²) in [5.41, 5.74) is 5.50. The summed E-state index contributed by atoms with van der Waals surface area (Å²) < 4.78 is 4.19. The summed E-state index contributed by atoms with van der Waals surface area (Å²) in [6, 6.07) is -0.112. The quantitative estimate of drug-likeness (QED) is 0.483. The second kappa shape index (κ2) is 7.82. The molecule has 3 N–H and O–H groups in total. The highest BCUT2D eigenvalue weighted by Crippen LogP contribution is 1.82. The van der Waals surface area contributed by atoms with Crippen molar-refractivity contribution >= 4 is 24.3 Å². The minimum absolute atomic E-state index is 0. The molecule has 0 heterocycles. The molecule has 0 saturated carbocycles. The summed E-state index contributed by atoms with van der Waals surface area (Å²) in [5.74, 6) is -1.64. The van der Waals surface area contributed by atoms with Crippen molar-refractivity contribution in [3.8, 4) is 0 Å². The van der Waals surface area contributed by atoms with Gasteiger partial charge in [0.25, 0.3) is 0 Å². The summed E-state index contributed by atoms with van der Waals surface area (Å²) >= 11 is 0. The number of esters is 1. The van der Waals surface area contributed by atoms with E-state index in [2.05, 4.69) is 10.1 Å². The van der Waals surface area contributed by atoms with Crippen molar-refractivity contribution in [3.63, 3.8) is 0 Å². The van der Waals surface area contributed by atoms with E-state index in [9.17, 15) is 9.59 Å². The van der Waals surface area contributed by atoms with Gasteiger partial charge in [0.2, 0.25) is 0 Å². The van der Waals surface area contributed by atoms with E-state index in [0.717, 1.165) is 13.5 Å². The van der Waals surface area contributed by atoms with E-state index in [0.29, 0.717) is 6.54 Å². The zero-order chi connectivity index (χ0) is 9.56. The number of nitrogens with two attached hydrogens (primary N) is 1. The Morgan fingerprint density at radius 2 is 2.08 bits per heavy atom. The highest BCUT2D eigenvalue weighted by molar-refractivity contribution is 6.32. The van der Waals surface area contributed by atoms with Crippen LogP contribution in [0.3, 0.4) is 0 Å². The standard InChI is InChI=1S/C7H14N2O3.ClH/c1-3-5(8)4-9-6(10)7(11)12-2;/h5H,3-4,8H2,1-2H3,(H,9,10);1H/t5-;/m0./s1. The maximum atomic E-state index is 10.8. The van der Waals surface area contributed by atoms with Gasteiger partial charge in [0.05, 0.1) is 7.11 Å². The Morgan fingerprint density at radius 1 is 1.54 bits per heavy atom. The summed E-state index contributed by atoms with van der Waals surface area (Å²) in [6.45, 7) is 2.19. The Bertz CT molecular complexity index is 175. The summed E-state index contributed by atoms with van der Waals surface area (Å²) in [5, 5.41) is 2.35. The molecule has 13 heavy (non-hydrogen) atoms. The lowest BCUT2D eigenvalue weighted by Gasteiger charge is -2.08. The predicted octanol–water partition coefficient (Wildman–Crippen LogP) is -0.565. The van der Waals surface area contributed by atoms with Gasteiger partial charge in [-0.05, 0) is 6.42 Å². The molecular formula is C7H15ClN2O3. The van der Waals surface area contributed by atoms with Gasteiger partial charge < -0.3 is 15.8 Å². The molecule has 0 aromatic rings. The molecule has 0 aliphatic rings. The van der Waals surface area contributed by atoms with Gasteiger partial charge in [-0.25, -0.2) is 4.79 Å². The normalized spacial score (nSPS) is 11.0. The van der Waals surface area contributed by atoms with Crippen LogP contribution in [0.25, 0.3) is 0 Å². The Labute approximate surface area is 83.4 Å². The summed E-state index contributed by atoms with van der Waals surface area (Å²) in [4.78, 5) is 21.3. The molecule has 0 rings (SSSR count). The number of methoxy groups -OCH3 is 1. The largest absolute Gasteiger partial charge is 0.462 e. The van der Waals surface area contributed by atoms with E-state index in [1.807, 2.05) is 6.92 Å². The van der Waals surface area contributed by atoms with Crippen LogP contribution in [0.4, 0.5) is 0 Å². The van der Waals surface area contributed by atoms with Gasteiger partial charge in [-0.2, -0.15) is 0 Å². The summed E-state index contributed by atoms with van der Waals surface area (Å²) in [6.07, 6.45) is 0.751. The smallest absolute Gasteiger partial charge is 0.396 e. The monoisotopic (exact) mass is 210 g/mol. The first-order valence-corrected chi connectivity index (χ1v) is 3.73. The number of amides is 1. The van der Waals surface area contributed by atoms with Gasteiger partial charge in [-0.3, -0.25) is 4.79 Å². The van der Waals surface area contributed by atoms with Crippen molar-refractivity contribution in [3.05, 3.63) is 0 Å². The number of rotatable bonds is 3. The van der Waals surface area contributed by atoms with Gasteiger partial charge in [0, 0.05) is 12.6 Å². The molecule has 6 heteroatoms. The van der Waals surface area contributed by atoms with Crippen molar-refractivity contribution in [2.45, 2.75) is 19.4 Å². The molecule has 0 aromatic carbocycles. The van der Waals surface area contributed by atoms with Crippen LogP contribution in [0, 0.1) is 0 Å². The predicted molar refractivity (Wildman–Crippen MR) is 50.5 cm³/mol. The minimum atomic E-state index is -0.890. The van der Waals surface area contributed by atoms with Crippen LogP contribution in [0.2, 0.25) is 0 Å². The molecule has 0 aromatic heterocycles. The van der Waals surface area contributed by atoms with Gasteiger partial charge in [-0.15, -0.1) is 12.4 Å². The molecule has 5 nitrogen and oxygen atoms in total. The molecule has 0 saturated heterocycles. The third-order valence-electron chi connectivity index (χ3n) is 1.42. The first-order valence-electron chi connectivity index (χ1n) is 3.73. The van der Waals surface area contributed by atoms with Crippen LogP contribution in [-0.4, -0.2) is 31.6 Å². The van der Waals surface area contributed by atoms with Crippen molar-refractivity contribution < 1.29 is 14.3 Å². The molecule has 1 amide bonds. The maximum absolute atomic E-state index is 10.8. The molecular weight excluding hydrogens is 196 g/mol. The maximum Gasteiger partial charge on any atom is 0.396 e. The molecule has 78 valence electrons. The van der Waals surface area contributed by atoms with E-state index < -0.39 is 11.9 Å². The van der Waals surface area contributed by atoms with Gasteiger partial charge in [-0.1, -0.05) is 6.92 Å². The molecule has 0 spiro atoms. The second-order valence-electron chi connectivity index (χ2n) is 2.37. The second-order valence-corrected chi connectivity index (χ2v) is 2.37. The Hall–Kier alpha value is -0.810. The highest BCUT2D eigenvalue weighted by atomic mass is 35.5. The third-order valence-corrected chi connectivity index (χ3v) is 1.42. The van der Waals surface area contributed by atoms with E-state index in [-0.39, 0.29) is 18.4 Å². The fraction of sp³-hybridized carbons (Fsp3) is 0.714. The van der Waals surface area contributed by atoms with Gasteiger partial charge in [0.15, 0.2) is 0 Å². The molecule has 0 radical (unpaired) electrons. The first-order chi connectivity index (χ1) is 5.61. The van der Waals surface area contributed by atoms with Crippen LogP contribution in [0.15, 0.2) is 0 Å². The third kappa shape index (κ3) is 6.36. The van der Waals surface area contributed by atoms with E-state index in [1.54, 1.807) is 0 Å². The fourth-order valence-corrected chi connectivity index (χ4v) is 0.533. The average molecular weight is 211 g/mol. The van der Waals surface area contributed by atoms with Crippen LogP contribution in [0.5, 0.6) is 0 Å². The fourth-order valence-electron chi connectivity index (χ4n) is 0.533. The van der Waals surface area contributed by atoms with Crippen molar-refractivity contribution in [2.75, 3.05) is 13.7 Å². The minimum Gasteiger partial charge on any atom is -0.462 e. The number of carbonyl (C=O) groups excluding carboxylic acids is 2. The van der Waals surface area contributed by atoms with Crippen LogP contribution in [-0.2, 0) is 14.3 Å².